The molecule has 0 unspecified atom stereocenters. The summed E-state index contributed by atoms with van der Waals surface area (Å²) in [5.41, 5.74) is 2.54. The van der Waals surface area contributed by atoms with Gasteiger partial charge in [0, 0.05) is 17.0 Å². The third kappa shape index (κ3) is 5.16. The fourth-order valence-corrected chi connectivity index (χ4v) is 6.28. The zero-order valence-electron chi connectivity index (χ0n) is 18.0. The van der Waals surface area contributed by atoms with Gasteiger partial charge in [0.25, 0.3) is 5.91 Å². The summed E-state index contributed by atoms with van der Waals surface area (Å²) >= 11 is 1.35. The van der Waals surface area contributed by atoms with E-state index in [-0.39, 0.29) is 17.3 Å². The molecule has 0 aliphatic carbocycles. The molecule has 5 nitrogen and oxygen atoms in total. The lowest BCUT2D eigenvalue weighted by Crippen LogP contribution is -2.31. The van der Waals surface area contributed by atoms with Crippen LogP contribution in [0.3, 0.4) is 0 Å². The molecule has 0 saturated heterocycles. The smallest absolute Gasteiger partial charge is 0.251 e. The van der Waals surface area contributed by atoms with Crippen LogP contribution < -0.4 is 10.1 Å². The number of amides is 1. The molecule has 0 saturated carbocycles. The molecule has 0 aliphatic rings. The molecular formula is C26H23NO4S2. The first kappa shape index (κ1) is 22.8. The molecule has 168 valence electrons. The van der Waals surface area contributed by atoms with E-state index in [0.717, 1.165) is 11.1 Å². The van der Waals surface area contributed by atoms with Crippen LogP contribution in [0.15, 0.2) is 101 Å². The number of nitrogens with one attached hydrogen (secondary N) is 1. The topological polar surface area (TPSA) is 72.5 Å². The summed E-state index contributed by atoms with van der Waals surface area (Å²) in [4.78, 5) is 13.6. The van der Waals surface area contributed by atoms with Gasteiger partial charge in [0.15, 0.2) is 9.84 Å². The highest BCUT2D eigenvalue weighted by atomic mass is 32.2. The lowest BCUT2D eigenvalue weighted by atomic mass is 10.0. The molecule has 3 aromatic carbocycles. The molecule has 0 spiro atoms. The van der Waals surface area contributed by atoms with Gasteiger partial charge in [0.2, 0.25) is 0 Å². The average Bonchev–Trinajstić information content (AvgIpc) is 3.39. The molecular weight excluding hydrogens is 454 g/mol. The Labute approximate surface area is 197 Å². The largest absolute Gasteiger partial charge is 0.497 e. The fourth-order valence-electron chi connectivity index (χ4n) is 3.50. The van der Waals surface area contributed by atoms with Gasteiger partial charge >= 0.3 is 0 Å². The van der Waals surface area contributed by atoms with E-state index in [4.69, 9.17) is 4.74 Å². The third-order valence-corrected chi connectivity index (χ3v) is 8.56. The molecule has 4 aromatic rings. The Morgan fingerprint density at radius 3 is 2.15 bits per heavy atom. The SMILES string of the molecule is COc1ccc(S(=O)(=O)[C@@H](CNC(=O)c2ccc(-c3ccccc3)cc2)c2cccs2)cc1. The van der Waals surface area contributed by atoms with Crippen LogP contribution >= 0.6 is 11.3 Å². The Morgan fingerprint density at radius 2 is 1.55 bits per heavy atom. The van der Waals surface area contributed by atoms with Crippen molar-refractivity contribution in [3.63, 3.8) is 0 Å². The Balaban J connectivity index is 1.52. The van der Waals surface area contributed by atoms with E-state index in [1.165, 1.54) is 30.6 Å². The summed E-state index contributed by atoms with van der Waals surface area (Å²) in [6, 6.07) is 27.0. The summed E-state index contributed by atoms with van der Waals surface area (Å²) in [5, 5.41) is 3.75. The zero-order chi connectivity index (χ0) is 23.3. The minimum absolute atomic E-state index is 0.0336. The molecule has 1 heterocycles. The van der Waals surface area contributed by atoms with Gasteiger partial charge in [0.1, 0.15) is 11.0 Å². The van der Waals surface area contributed by atoms with Crippen molar-refractivity contribution >= 4 is 27.1 Å². The van der Waals surface area contributed by atoms with Gasteiger partial charge in [-0.05, 0) is 59.0 Å². The maximum Gasteiger partial charge on any atom is 0.251 e. The first-order valence-electron chi connectivity index (χ1n) is 10.3. The quantitative estimate of drug-likeness (QED) is 0.370. The highest BCUT2D eigenvalue weighted by Gasteiger charge is 2.30. The Morgan fingerprint density at radius 1 is 0.879 bits per heavy atom. The Kier molecular flexibility index (Phi) is 6.91. The van der Waals surface area contributed by atoms with Crippen molar-refractivity contribution < 1.29 is 17.9 Å². The van der Waals surface area contributed by atoms with E-state index >= 15 is 0 Å². The second-order valence-electron chi connectivity index (χ2n) is 7.38. The van der Waals surface area contributed by atoms with Gasteiger partial charge in [-0.1, -0.05) is 48.5 Å². The Bertz CT molecular complexity index is 1300. The molecule has 0 aliphatic heterocycles. The number of ether oxygens (including phenoxy) is 1. The van der Waals surface area contributed by atoms with Crippen LogP contribution in [-0.4, -0.2) is 28.0 Å². The summed E-state index contributed by atoms with van der Waals surface area (Å²) < 4.78 is 31.9. The molecule has 33 heavy (non-hydrogen) atoms. The van der Waals surface area contributed by atoms with E-state index in [1.54, 1.807) is 36.4 Å². The molecule has 7 heteroatoms. The lowest BCUT2D eigenvalue weighted by Gasteiger charge is -2.18. The monoisotopic (exact) mass is 477 g/mol. The minimum Gasteiger partial charge on any atom is -0.497 e. The number of carbonyl (C=O) groups is 1. The van der Waals surface area contributed by atoms with Gasteiger partial charge in [-0.15, -0.1) is 11.3 Å². The standard InChI is InChI=1S/C26H23NO4S2/c1-31-22-13-15-23(16-14-22)33(29,30)25(24-8-5-17-32-24)18-27-26(28)21-11-9-20(10-12-21)19-6-3-2-4-7-19/h2-17,25H,18H2,1H3,(H,27,28)/t25-/m0/s1. The molecule has 1 N–H and O–H groups in total. The second kappa shape index (κ2) is 10.0. The number of hydrogen-bond acceptors (Lipinski definition) is 5. The number of hydrogen-bond donors (Lipinski definition) is 1. The van der Waals surface area contributed by atoms with Gasteiger partial charge in [-0.3, -0.25) is 4.79 Å². The average molecular weight is 478 g/mol. The van der Waals surface area contributed by atoms with Crippen molar-refractivity contribution in [1.82, 2.24) is 5.32 Å². The molecule has 1 atom stereocenters. The second-order valence-corrected chi connectivity index (χ2v) is 10.5. The summed E-state index contributed by atoms with van der Waals surface area (Å²) in [7, 11) is -2.20. The van der Waals surface area contributed by atoms with Crippen LogP contribution in [0.5, 0.6) is 5.75 Å². The van der Waals surface area contributed by atoms with Gasteiger partial charge in [0.05, 0.1) is 12.0 Å². The van der Waals surface area contributed by atoms with Crippen molar-refractivity contribution in [2.75, 3.05) is 13.7 Å². The Hall–Kier alpha value is -3.42. The third-order valence-electron chi connectivity index (χ3n) is 5.33. The normalized spacial score (nSPS) is 12.2. The van der Waals surface area contributed by atoms with Crippen molar-refractivity contribution in [3.8, 4) is 16.9 Å². The highest BCUT2D eigenvalue weighted by Crippen LogP contribution is 2.32. The number of rotatable bonds is 8. The maximum atomic E-state index is 13.4. The first-order valence-corrected chi connectivity index (χ1v) is 12.8. The molecule has 0 bridgehead atoms. The van der Waals surface area contributed by atoms with Crippen LogP contribution in [-0.2, 0) is 9.84 Å². The molecule has 1 amide bonds. The van der Waals surface area contributed by atoms with Crippen molar-refractivity contribution in [3.05, 3.63) is 107 Å². The summed E-state index contributed by atoms with van der Waals surface area (Å²) in [5.74, 6) is 0.259. The number of sulfone groups is 1. The van der Waals surface area contributed by atoms with E-state index in [1.807, 2.05) is 47.8 Å². The number of carbonyl (C=O) groups excluding carboxylic acids is 1. The molecule has 1 aromatic heterocycles. The number of thiophene rings is 1. The van der Waals surface area contributed by atoms with E-state index in [9.17, 15) is 13.2 Å². The highest BCUT2D eigenvalue weighted by molar-refractivity contribution is 7.91. The first-order chi connectivity index (χ1) is 16.0. The van der Waals surface area contributed by atoms with Crippen LogP contribution in [0, 0.1) is 0 Å². The van der Waals surface area contributed by atoms with Crippen LogP contribution in [0.2, 0.25) is 0 Å². The number of benzene rings is 3. The van der Waals surface area contributed by atoms with Gasteiger partial charge in [-0.2, -0.15) is 0 Å². The van der Waals surface area contributed by atoms with Crippen molar-refractivity contribution in [2.45, 2.75) is 10.1 Å². The number of methoxy groups -OCH3 is 1. The van der Waals surface area contributed by atoms with Crippen LogP contribution in [0.1, 0.15) is 20.5 Å². The van der Waals surface area contributed by atoms with Crippen LogP contribution in [0.4, 0.5) is 0 Å². The molecule has 0 fully saturated rings. The zero-order valence-corrected chi connectivity index (χ0v) is 19.6. The van der Waals surface area contributed by atoms with E-state index in [2.05, 4.69) is 5.32 Å². The van der Waals surface area contributed by atoms with Crippen molar-refractivity contribution in [2.24, 2.45) is 0 Å². The van der Waals surface area contributed by atoms with Crippen LogP contribution in [0.25, 0.3) is 11.1 Å². The molecule has 0 radical (unpaired) electrons. The summed E-state index contributed by atoms with van der Waals surface area (Å²) in [6.45, 7) is -0.0336. The molecule has 4 rings (SSSR count). The predicted octanol–water partition coefficient (Wildman–Crippen LogP) is 5.37. The van der Waals surface area contributed by atoms with Crippen molar-refractivity contribution in [1.29, 1.82) is 0 Å². The summed E-state index contributed by atoms with van der Waals surface area (Å²) in [6.07, 6.45) is 0. The van der Waals surface area contributed by atoms with E-state index in [0.29, 0.717) is 16.2 Å². The fraction of sp³-hybridized carbons (Fsp3) is 0.115. The van der Waals surface area contributed by atoms with E-state index < -0.39 is 15.1 Å². The predicted molar refractivity (Wildman–Crippen MR) is 131 cm³/mol. The lowest BCUT2D eigenvalue weighted by molar-refractivity contribution is 0.0954. The minimum atomic E-state index is -3.73. The maximum absolute atomic E-state index is 13.4. The van der Waals surface area contributed by atoms with Gasteiger partial charge < -0.3 is 10.1 Å². The van der Waals surface area contributed by atoms with Gasteiger partial charge in [-0.25, -0.2) is 8.42 Å².